The van der Waals surface area contributed by atoms with E-state index < -0.39 is 10.0 Å². The molecular weight excluding hydrogens is 327 g/mol. The van der Waals surface area contributed by atoms with E-state index in [9.17, 15) is 12.8 Å². The van der Waals surface area contributed by atoms with Gasteiger partial charge in [0.05, 0.1) is 11.1 Å². The predicted octanol–water partition coefficient (Wildman–Crippen LogP) is 3.08. The summed E-state index contributed by atoms with van der Waals surface area (Å²) in [4.78, 5) is 0. The summed E-state index contributed by atoms with van der Waals surface area (Å²) in [6, 6.07) is 13.2. The zero-order chi connectivity index (χ0) is 17.2. The van der Waals surface area contributed by atoms with Crippen molar-refractivity contribution in [2.24, 2.45) is 5.73 Å². The maximum absolute atomic E-state index is 12.9. The SMILES string of the molecule is NCCC1CN(S(=O)(=O)/C=C/c2ccc(F)cc2)c2ccccc21. The second kappa shape index (κ2) is 6.75. The van der Waals surface area contributed by atoms with E-state index in [4.69, 9.17) is 5.73 Å². The van der Waals surface area contributed by atoms with E-state index in [0.717, 1.165) is 12.0 Å². The highest BCUT2D eigenvalue weighted by Crippen LogP contribution is 2.39. The van der Waals surface area contributed by atoms with Crippen molar-refractivity contribution in [3.8, 4) is 0 Å². The molecule has 0 spiro atoms. The summed E-state index contributed by atoms with van der Waals surface area (Å²) in [5.74, 6) is -0.242. The van der Waals surface area contributed by atoms with E-state index in [2.05, 4.69) is 0 Å². The highest BCUT2D eigenvalue weighted by molar-refractivity contribution is 7.95. The average Bonchev–Trinajstić information content (AvgIpc) is 2.95. The van der Waals surface area contributed by atoms with Crippen LogP contribution < -0.4 is 10.0 Å². The van der Waals surface area contributed by atoms with Gasteiger partial charge in [-0.2, -0.15) is 0 Å². The Morgan fingerprint density at radius 3 is 2.58 bits per heavy atom. The number of para-hydroxylation sites is 1. The molecule has 0 saturated carbocycles. The predicted molar refractivity (Wildman–Crippen MR) is 94.6 cm³/mol. The molecule has 0 aliphatic carbocycles. The monoisotopic (exact) mass is 346 g/mol. The highest BCUT2D eigenvalue weighted by Gasteiger charge is 2.33. The Labute approximate surface area is 141 Å². The lowest BCUT2D eigenvalue weighted by molar-refractivity contribution is 0.595. The number of nitrogens with two attached hydrogens (primary N) is 1. The zero-order valence-electron chi connectivity index (χ0n) is 13.1. The number of fused-ring (bicyclic) bond motifs is 1. The number of hydrogen-bond donors (Lipinski definition) is 1. The Hall–Kier alpha value is -2.18. The van der Waals surface area contributed by atoms with Crippen LogP contribution in [0.25, 0.3) is 6.08 Å². The minimum Gasteiger partial charge on any atom is -0.330 e. The molecule has 4 nitrogen and oxygen atoms in total. The fourth-order valence-electron chi connectivity index (χ4n) is 2.96. The van der Waals surface area contributed by atoms with Crippen LogP contribution in [0.4, 0.5) is 10.1 Å². The number of hydrogen-bond acceptors (Lipinski definition) is 3. The van der Waals surface area contributed by atoms with Crippen LogP contribution >= 0.6 is 0 Å². The third-order valence-corrected chi connectivity index (χ3v) is 5.60. The van der Waals surface area contributed by atoms with Gasteiger partial charge in [0, 0.05) is 12.5 Å². The summed E-state index contributed by atoms with van der Waals surface area (Å²) in [7, 11) is -3.61. The van der Waals surface area contributed by atoms with E-state index in [0.29, 0.717) is 24.3 Å². The first-order valence-corrected chi connectivity index (χ1v) is 9.27. The zero-order valence-corrected chi connectivity index (χ0v) is 13.9. The lowest BCUT2D eigenvalue weighted by Crippen LogP contribution is -2.28. The van der Waals surface area contributed by atoms with Gasteiger partial charge in [-0.3, -0.25) is 4.31 Å². The van der Waals surface area contributed by atoms with Gasteiger partial charge in [0.25, 0.3) is 10.0 Å². The second-order valence-corrected chi connectivity index (χ2v) is 7.51. The van der Waals surface area contributed by atoms with Gasteiger partial charge in [-0.15, -0.1) is 0 Å². The molecule has 6 heteroatoms. The topological polar surface area (TPSA) is 63.4 Å². The normalized spacial score (nSPS) is 17.4. The van der Waals surface area contributed by atoms with Crippen molar-refractivity contribution in [2.45, 2.75) is 12.3 Å². The molecule has 3 rings (SSSR count). The molecule has 2 aromatic rings. The minimum atomic E-state index is -3.61. The van der Waals surface area contributed by atoms with Crippen LogP contribution in [0, 0.1) is 5.82 Å². The molecule has 0 radical (unpaired) electrons. The molecule has 1 aliphatic heterocycles. The largest absolute Gasteiger partial charge is 0.330 e. The van der Waals surface area contributed by atoms with Gasteiger partial charge in [0.1, 0.15) is 5.82 Å². The first-order chi connectivity index (χ1) is 11.5. The first kappa shape index (κ1) is 16.7. The molecule has 0 aromatic heterocycles. The molecule has 0 bridgehead atoms. The summed E-state index contributed by atoms with van der Waals surface area (Å²) in [5.41, 5.74) is 8.01. The minimum absolute atomic E-state index is 0.111. The van der Waals surface area contributed by atoms with Gasteiger partial charge in [-0.1, -0.05) is 30.3 Å². The maximum atomic E-state index is 12.9. The van der Waals surface area contributed by atoms with E-state index in [1.807, 2.05) is 24.3 Å². The van der Waals surface area contributed by atoms with Crippen LogP contribution in [-0.4, -0.2) is 21.5 Å². The fraction of sp³-hybridized carbons (Fsp3) is 0.222. The first-order valence-electron chi connectivity index (χ1n) is 7.76. The number of benzene rings is 2. The van der Waals surface area contributed by atoms with Gasteiger partial charge in [-0.05, 0) is 48.4 Å². The fourth-order valence-corrected chi connectivity index (χ4v) is 4.26. The Balaban J connectivity index is 1.88. The van der Waals surface area contributed by atoms with Crippen molar-refractivity contribution in [2.75, 3.05) is 17.4 Å². The third kappa shape index (κ3) is 3.34. The Bertz CT molecular complexity index is 848. The molecule has 2 N–H and O–H groups in total. The van der Waals surface area contributed by atoms with Crippen molar-refractivity contribution < 1.29 is 12.8 Å². The summed E-state index contributed by atoms with van der Waals surface area (Å²) in [6.45, 7) is 0.908. The molecule has 0 saturated heterocycles. The van der Waals surface area contributed by atoms with Crippen molar-refractivity contribution in [1.29, 1.82) is 0 Å². The van der Waals surface area contributed by atoms with Crippen LogP contribution in [0.1, 0.15) is 23.5 Å². The van der Waals surface area contributed by atoms with Crippen molar-refractivity contribution in [1.82, 2.24) is 0 Å². The summed E-state index contributed by atoms with van der Waals surface area (Å²) in [5, 5.41) is 1.17. The molecule has 24 heavy (non-hydrogen) atoms. The molecule has 126 valence electrons. The molecule has 1 heterocycles. The van der Waals surface area contributed by atoms with Gasteiger partial charge >= 0.3 is 0 Å². The molecule has 1 unspecified atom stereocenters. The van der Waals surface area contributed by atoms with Crippen molar-refractivity contribution in [3.63, 3.8) is 0 Å². The van der Waals surface area contributed by atoms with E-state index in [-0.39, 0.29) is 11.7 Å². The number of nitrogens with zero attached hydrogens (tertiary/aromatic N) is 1. The Morgan fingerprint density at radius 1 is 1.17 bits per heavy atom. The molecule has 2 aromatic carbocycles. The molecule has 1 atom stereocenters. The van der Waals surface area contributed by atoms with Gasteiger partial charge in [-0.25, -0.2) is 12.8 Å². The molecule has 1 aliphatic rings. The highest BCUT2D eigenvalue weighted by atomic mass is 32.2. The van der Waals surface area contributed by atoms with Gasteiger partial charge in [0.2, 0.25) is 0 Å². The van der Waals surface area contributed by atoms with Crippen molar-refractivity contribution in [3.05, 3.63) is 70.9 Å². The number of sulfonamides is 1. The Morgan fingerprint density at radius 2 is 1.88 bits per heavy atom. The second-order valence-electron chi connectivity index (χ2n) is 5.76. The number of halogens is 1. The third-order valence-electron chi connectivity index (χ3n) is 4.16. The van der Waals surface area contributed by atoms with Crippen LogP contribution in [0.2, 0.25) is 0 Å². The summed E-state index contributed by atoms with van der Waals surface area (Å²) in [6.07, 6.45) is 2.22. The summed E-state index contributed by atoms with van der Waals surface area (Å²) >= 11 is 0. The molecule has 0 fully saturated rings. The quantitative estimate of drug-likeness (QED) is 0.905. The standard InChI is InChI=1S/C18H19FN2O2S/c19-16-7-5-14(6-8-16)10-12-24(22,23)21-13-15(9-11-20)17-3-1-2-4-18(17)21/h1-8,10,12,15H,9,11,13,20H2/b12-10+. The van der Waals surface area contributed by atoms with Gasteiger partial charge < -0.3 is 5.73 Å². The number of anilines is 1. The van der Waals surface area contributed by atoms with Crippen LogP contribution in [0.5, 0.6) is 0 Å². The maximum Gasteiger partial charge on any atom is 0.257 e. The van der Waals surface area contributed by atoms with Crippen LogP contribution in [-0.2, 0) is 10.0 Å². The van der Waals surface area contributed by atoms with E-state index >= 15 is 0 Å². The van der Waals surface area contributed by atoms with Crippen molar-refractivity contribution >= 4 is 21.8 Å². The lowest BCUT2D eigenvalue weighted by Gasteiger charge is -2.17. The lowest BCUT2D eigenvalue weighted by atomic mass is 9.98. The smallest absolute Gasteiger partial charge is 0.257 e. The van der Waals surface area contributed by atoms with Gasteiger partial charge in [0.15, 0.2) is 0 Å². The Kier molecular flexibility index (Phi) is 4.69. The van der Waals surface area contributed by atoms with Crippen LogP contribution in [0.15, 0.2) is 53.9 Å². The average molecular weight is 346 g/mol. The van der Waals surface area contributed by atoms with E-state index in [1.165, 1.54) is 40.1 Å². The molecular formula is C18H19FN2O2S. The van der Waals surface area contributed by atoms with Crippen LogP contribution in [0.3, 0.4) is 0 Å². The summed E-state index contributed by atoms with van der Waals surface area (Å²) < 4.78 is 39.8. The van der Waals surface area contributed by atoms with E-state index in [1.54, 1.807) is 0 Å². The molecule has 0 amide bonds. The number of rotatable bonds is 5.